The van der Waals surface area contributed by atoms with E-state index in [1.54, 1.807) is 6.08 Å². The SMILES string of the molecule is CC/C=C\C/C=C\C/C=C\C/C=C\C/C=C\CCCC(=O)NC(COC1OC(CO)C(OC2OC(CO)C(O)C(O)C2O)C(O)C1O)C(O)/C=C/CC/C=C/CC/C=C/CCCCCCCCCCCC. The summed E-state index contributed by atoms with van der Waals surface area (Å²) in [6.07, 6.45) is 40.2. The summed E-state index contributed by atoms with van der Waals surface area (Å²) >= 11 is 0. The Balaban J connectivity index is 1.88. The van der Waals surface area contributed by atoms with E-state index in [1.807, 2.05) is 12.2 Å². The second kappa shape index (κ2) is 42.3. The zero-order chi connectivity index (χ0) is 51.7. The molecule has 0 aromatic carbocycles. The Morgan fingerprint density at radius 2 is 0.986 bits per heavy atom. The minimum Gasteiger partial charge on any atom is -0.394 e. The van der Waals surface area contributed by atoms with E-state index in [-0.39, 0.29) is 18.9 Å². The Morgan fingerprint density at radius 3 is 1.55 bits per heavy atom. The molecule has 2 aliphatic rings. The van der Waals surface area contributed by atoms with Crippen LogP contribution in [-0.4, -0.2) is 140 Å². The monoisotopic (exact) mass is 1000 g/mol. The summed E-state index contributed by atoms with van der Waals surface area (Å²) in [4.78, 5) is 13.2. The summed E-state index contributed by atoms with van der Waals surface area (Å²) < 4.78 is 22.7. The van der Waals surface area contributed by atoms with Crippen LogP contribution < -0.4 is 5.32 Å². The largest absolute Gasteiger partial charge is 0.394 e. The molecule has 0 aliphatic carbocycles. The van der Waals surface area contributed by atoms with Crippen LogP contribution in [0.2, 0.25) is 0 Å². The number of allylic oxidation sites excluding steroid dienone is 15. The van der Waals surface area contributed by atoms with E-state index in [0.29, 0.717) is 19.3 Å². The zero-order valence-corrected chi connectivity index (χ0v) is 43.2. The average Bonchev–Trinajstić information content (AvgIpc) is 3.37. The first kappa shape index (κ1) is 64.0. The summed E-state index contributed by atoms with van der Waals surface area (Å²) in [5.41, 5.74) is 0. The molecule has 1 amide bonds. The fraction of sp³-hybridized carbons (Fsp3) is 0.702. The van der Waals surface area contributed by atoms with Crippen molar-refractivity contribution < 1.29 is 64.6 Å². The first-order valence-electron chi connectivity index (χ1n) is 27.0. The predicted octanol–water partition coefficient (Wildman–Crippen LogP) is 7.93. The Kier molecular flexibility index (Phi) is 38.1. The molecule has 71 heavy (non-hydrogen) atoms. The Hall–Kier alpha value is -3.09. The number of hydrogen-bond acceptors (Lipinski definition) is 13. The van der Waals surface area contributed by atoms with Crippen molar-refractivity contribution in [3.8, 4) is 0 Å². The van der Waals surface area contributed by atoms with Crippen molar-refractivity contribution in [3.05, 3.63) is 97.2 Å². The number of ether oxygens (including phenoxy) is 4. The summed E-state index contributed by atoms with van der Waals surface area (Å²) in [6.45, 7) is 2.59. The lowest BCUT2D eigenvalue weighted by atomic mass is 9.97. The number of aliphatic hydroxyl groups is 8. The van der Waals surface area contributed by atoms with Gasteiger partial charge < -0.3 is 65.1 Å². The van der Waals surface area contributed by atoms with Crippen molar-refractivity contribution in [2.45, 2.75) is 235 Å². The zero-order valence-electron chi connectivity index (χ0n) is 43.2. The molecule has 0 saturated carbocycles. The molecule has 2 fully saturated rings. The molecule has 14 heteroatoms. The van der Waals surface area contributed by atoms with Gasteiger partial charge in [0.2, 0.25) is 5.91 Å². The molecule has 9 N–H and O–H groups in total. The van der Waals surface area contributed by atoms with Crippen molar-refractivity contribution in [2.75, 3.05) is 19.8 Å². The number of unbranched alkanes of at least 4 members (excludes halogenated alkanes) is 13. The molecule has 0 aromatic heterocycles. The van der Waals surface area contributed by atoms with Crippen molar-refractivity contribution in [1.82, 2.24) is 5.32 Å². The van der Waals surface area contributed by atoms with Crippen LogP contribution in [0.3, 0.4) is 0 Å². The minimum absolute atomic E-state index is 0.186. The first-order chi connectivity index (χ1) is 34.6. The maximum atomic E-state index is 13.2. The first-order valence-corrected chi connectivity index (χ1v) is 27.0. The number of hydrogen-bond donors (Lipinski definition) is 9. The lowest BCUT2D eigenvalue weighted by Crippen LogP contribution is -2.65. The van der Waals surface area contributed by atoms with E-state index in [4.69, 9.17) is 18.9 Å². The van der Waals surface area contributed by atoms with E-state index in [2.05, 4.69) is 98.2 Å². The van der Waals surface area contributed by atoms with Crippen LogP contribution in [0.25, 0.3) is 0 Å². The van der Waals surface area contributed by atoms with Gasteiger partial charge in [0.1, 0.15) is 48.8 Å². The van der Waals surface area contributed by atoms with E-state index in [9.17, 15) is 45.6 Å². The van der Waals surface area contributed by atoms with Gasteiger partial charge in [-0.3, -0.25) is 4.79 Å². The fourth-order valence-corrected chi connectivity index (χ4v) is 8.12. The fourth-order valence-electron chi connectivity index (χ4n) is 8.12. The standard InChI is InChI=1S/C57H95NO13/c1-3-5-7-9-11-13-15-17-19-21-22-23-25-26-28-30-32-34-36-38-40-46(61)45(58-49(62)41-39-37-35-33-31-29-27-24-20-18-16-14-12-10-8-6-4-2)44-68-56-54(67)52(65)55(48(43-60)70-56)71-57-53(66)51(64)50(63)47(42-59)69-57/h6,8,12,14,18,20,23,25,27,29-30,32-33,35,38,40,45-48,50-57,59-61,63-67H,3-5,7,9-11,13,15-17,19,21-22,24,26,28,31,34,36-37,39,41-44H2,1-2H3,(H,58,62)/b8-6-,14-12-,20-18-,25-23+,29-27-,32-30+,35-33-,40-38+. The molecular formula is C57H95NO13. The highest BCUT2D eigenvalue weighted by molar-refractivity contribution is 5.76. The van der Waals surface area contributed by atoms with E-state index in [0.717, 1.165) is 57.8 Å². The minimum atomic E-state index is -1.80. The van der Waals surface area contributed by atoms with Crippen LogP contribution in [0, 0.1) is 0 Å². The van der Waals surface area contributed by atoms with Crippen molar-refractivity contribution in [3.63, 3.8) is 0 Å². The highest BCUT2D eigenvalue weighted by atomic mass is 16.7. The number of carbonyl (C=O) groups is 1. The molecule has 2 aliphatic heterocycles. The Morgan fingerprint density at radius 1 is 0.521 bits per heavy atom. The number of nitrogens with one attached hydrogen (secondary N) is 1. The highest BCUT2D eigenvalue weighted by Crippen LogP contribution is 2.30. The Labute approximate surface area is 426 Å². The van der Waals surface area contributed by atoms with Crippen LogP contribution in [0.1, 0.15) is 162 Å². The van der Waals surface area contributed by atoms with E-state index in [1.165, 1.54) is 64.2 Å². The molecule has 0 bridgehead atoms. The van der Waals surface area contributed by atoms with Gasteiger partial charge in [0.05, 0.1) is 32.0 Å². The van der Waals surface area contributed by atoms with E-state index < -0.39 is 86.8 Å². The molecular weight excluding hydrogens is 907 g/mol. The molecule has 12 atom stereocenters. The molecule has 2 saturated heterocycles. The maximum Gasteiger partial charge on any atom is 0.220 e. The van der Waals surface area contributed by atoms with Crippen LogP contribution in [0.5, 0.6) is 0 Å². The van der Waals surface area contributed by atoms with Crippen molar-refractivity contribution in [2.24, 2.45) is 0 Å². The third-order valence-corrected chi connectivity index (χ3v) is 12.5. The summed E-state index contributed by atoms with van der Waals surface area (Å²) in [5.74, 6) is -0.315. The normalized spacial score (nSPS) is 26.6. The van der Waals surface area contributed by atoms with Gasteiger partial charge in [0, 0.05) is 6.42 Å². The molecule has 0 radical (unpaired) electrons. The summed E-state index contributed by atoms with van der Waals surface area (Å²) in [7, 11) is 0. The molecule has 2 heterocycles. The number of aliphatic hydroxyl groups excluding tert-OH is 8. The third kappa shape index (κ3) is 28.8. The van der Waals surface area contributed by atoms with Gasteiger partial charge in [-0.1, -0.05) is 169 Å². The van der Waals surface area contributed by atoms with Gasteiger partial charge in [0.25, 0.3) is 0 Å². The molecule has 0 spiro atoms. The van der Waals surface area contributed by atoms with Gasteiger partial charge in [-0.2, -0.15) is 0 Å². The smallest absolute Gasteiger partial charge is 0.220 e. The maximum absolute atomic E-state index is 13.2. The van der Waals surface area contributed by atoms with Crippen molar-refractivity contribution >= 4 is 5.91 Å². The second-order valence-corrected chi connectivity index (χ2v) is 18.6. The molecule has 0 aromatic rings. The van der Waals surface area contributed by atoms with Crippen LogP contribution in [0.15, 0.2) is 97.2 Å². The topological polar surface area (TPSA) is 228 Å². The summed E-state index contributed by atoms with van der Waals surface area (Å²) in [5, 5.41) is 86.8. The molecule has 12 unspecified atom stereocenters. The average molecular weight is 1000 g/mol. The van der Waals surface area contributed by atoms with Crippen molar-refractivity contribution in [1.29, 1.82) is 0 Å². The molecule has 406 valence electrons. The van der Waals surface area contributed by atoms with Crippen LogP contribution >= 0.6 is 0 Å². The van der Waals surface area contributed by atoms with Gasteiger partial charge in [-0.15, -0.1) is 0 Å². The highest BCUT2D eigenvalue weighted by Gasteiger charge is 2.51. The molecule has 2 rings (SSSR count). The van der Waals surface area contributed by atoms with Crippen LogP contribution in [-0.2, 0) is 23.7 Å². The second-order valence-electron chi connectivity index (χ2n) is 18.6. The summed E-state index contributed by atoms with van der Waals surface area (Å²) in [6, 6.07) is -0.973. The third-order valence-electron chi connectivity index (χ3n) is 12.5. The van der Waals surface area contributed by atoms with Crippen LogP contribution in [0.4, 0.5) is 0 Å². The quantitative estimate of drug-likeness (QED) is 0.0210. The number of amides is 1. The number of carbonyl (C=O) groups excluding carboxylic acids is 1. The van der Waals surface area contributed by atoms with Gasteiger partial charge in [-0.25, -0.2) is 0 Å². The lowest BCUT2D eigenvalue weighted by molar-refractivity contribution is -0.359. The van der Waals surface area contributed by atoms with Gasteiger partial charge >= 0.3 is 0 Å². The van der Waals surface area contributed by atoms with Gasteiger partial charge in [0.15, 0.2) is 12.6 Å². The Bertz CT molecular complexity index is 1560. The predicted molar refractivity (Wildman–Crippen MR) is 281 cm³/mol. The van der Waals surface area contributed by atoms with E-state index >= 15 is 0 Å². The number of rotatable bonds is 40. The molecule has 14 nitrogen and oxygen atoms in total. The lowest BCUT2D eigenvalue weighted by Gasteiger charge is -2.46. The van der Waals surface area contributed by atoms with Gasteiger partial charge in [-0.05, 0) is 83.5 Å².